The molecule has 0 aromatic heterocycles. The van der Waals surface area contributed by atoms with Crippen LogP contribution in [0.4, 0.5) is 0 Å². The lowest BCUT2D eigenvalue weighted by Gasteiger charge is -2.21. The molecule has 0 radical (unpaired) electrons. The van der Waals surface area contributed by atoms with Crippen molar-refractivity contribution in [2.24, 2.45) is 0 Å². The van der Waals surface area contributed by atoms with Crippen LogP contribution in [-0.4, -0.2) is 96.7 Å². The monoisotopic (exact) mass is 1450 g/mol. The average molecular weight is 1450 g/mol. The number of esters is 4. The number of allylic oxidation sites excluding steroid dienone is 16. The summed E-state index contributed by atoms with van der Waals surface area (Å²) in [6.07, 6.45) is 76.8. The van der Waals surface area contributed by atoms with Gasteiger partial charge in [0.25, 0.3) is 0 Å². The molecule has 0 aromatic rings. The number of carbonyl (C=O) groups is 4. The first-order chi connectivity index (χ1) is 48.7. The maximum atomic E-state index is 13.1. The molecule has 0 aliphatic rings. The number of rotatable bonds is 74. The molecule has 0 bridgehead atoms. The van der Waals surface area contributed by atoms with Gasteiger partial charge in [-0.05, 0) is 116 Å². The van der Waals surface area contributed by atoms with Crippen LogP contribution in [0.2, 0.25) is 0 Å². The van der Waals surface area contributed by atoms with Crippen molar-refractivity contribution in [3.05, 3.63) is 97.2 Å². The van der Waals surface area contributed by atoms with Gasteiger partial charge in [0.05, 0.1) is 26.4 Å². The van der Waals surface area contributed by atoms with E-state index in [1.807, 2.05) is 12.2 Å². The summed E-state index contributed by atoms with van der Waals surface area (Å²) in [4.78, 5) is 72.9. The molecular formula is C81H142O17P2. The third-order valence-corrected chi connectivity index (χ3v) is 18.4. The lowest BCUT2D eigenvalue weighted by molar-refractivity contribution is -0.161. The first-order valence-corrected chi connectivity index (χ1v) is 42.5. The van der Waals surface area contributed by atoms with Gasteiger partial charge in [0, 0.05) is 25.7 Å². The Hall–Kier alpha value is -4.02. The van der Waals surface area contributed by atoms with E-state index in [1.54, 1.807) is 0 Å². The van der Waals surface area contributed by atoms with Crippen molar-refractivity contribution >= 4 is 39.5 Å². The number of hydrogen-bond acceptors (Lipinski definition) is 15. The van der Waals surface area contributed by atoms with Gasteiger partial charge in [-0.3, -0.25) is 37.3 Å². The highest BCUT2D eigenvalue weighted by molar-refractivity contribution is 7.47. The van der Waals surface area contributed by atoms with Crippen LogP contribution in [0.3, 0.4) is 0 Å². The van der Waals surface area contributed by atoms with E-state index in [-0.39, 0.29) is 25.7 Å². The highest BCUT2D eigenvalue weighted by Crippen LogP contribution is 2.45. The molecule has 0 aliphatic heterocycles. The second-order valence-corrected chi connectivity index (χ2v) is 29.2. The average Bonchev–Trinajstić information content (AvgIpc) is 1.06. The molecule has 578 valence electrons. The van der Waals surface area contributed by atoms with Crippen molar-refractivity contribution in [1.29, 1.82) is 0 Å². The van der Waals surface area contributed by atoms with Gasteiger partial charge >= 0.3 is 39.5 Å². The SMILES string of the molecule is CC/C=C\C/C=C\C/C=C\C/C=C\C/C=C\CCCC(=O)OCC(COP(=O)(O)OCC(O)COP(=O)(O)OCC(COC(=O)CCCCCCCCCCCCCCCCC)OC(=O)CCCCCCC/C=C\C/C=C\CCC)OC(=O)CCCCCCC/C=C\CCCCCCCC. The molecule has 0 saturated heterocycles. The molecule has 3 N–H and O–H groups in total. The Labute approximate surface area is 607 Å². The van der Waals surface area contributed by atoms with Gasteiger partial charge in [0.2, 0.25) is 0 Å². The van der Waals surface area contributed by atoms with E-state index in [9.17, 15) is 43.2 Å². The number of phosphoric acid groups is 2. The molecule has 0 fully saturated rings. The zero-order valence-electron chi connectivity index (χ0n) is 63.1. The third-order valence-electron chi connectivity index (χ3n) is 16.5. The minimum atomic E-state index is -4.99. The van der Waals surface area contributed by atoms with E-state index in [4.69, 9.17) is 37.0 Å². The summed E-state index contributed by atoms with van der Waals surface area (Å²) in [5.41, 5.74) is 0. The smallest absolute Gasteiger partial charge is 0.462 e. The molecule has 0 aliphatic carbocycles. The second-order valence-electron chi connectivity index (χ2n) is 26.3. The highest BCUT2D eigenvalue weighted by Gasteiger charge is 2.30. The van der Waals surface area contributed by atoms with E-state index in [2.05, 4.69) is 113 Å². The maximum Gasteiger partial charge on any atom is 0.472 e. The topological polar surface area (TPSA) is 237 Å². The molecule has 19 heteroatoms. The Morgan fingerprint density at radius 2 is 0.550 bits per heavy atom. The van der Waals surface area contributed by atoms with Crippen LogP contribution in [0, 0.1) is 0 Å². The molecule has 0 saturated carbocycles. The van der Waals surface area contributed by atoms with Gasteiger partial charge in [-0.2, -0.15) is 0 Å². The van der Waals surface area contributed by atoms with Crippen LogP contribution in [0.5, 0.6) is 0 Å². The van der Waals surface area contributed by atoms with Crippen LogP contribution >= 0.6 is 15.6 Å². The summed E-state index contributed by atoms with van der Waals surface area (Å²) in [5.74, 6) is -2.25. The highest BCUT2D eigenvalue weighted by atomic mass is 31.2. The Balaban J connectivity index is 5.39. The van der Waals surface area contributed by atoms with Gasteiger partial charge in [-0.15, -0.1) is 0 Å². The lowest BCUT2D eigenvalue weighted by atomic mass is 10.0. The minimum absolute atomic E-state index is 0.0730. The second kappa shape index (κ2) is 73.3. The summed E-state index contributed by atoms with van der Waals surface area (Å²) in [5, 5.41) is 10.6. The third kappa shape index (κ3) is 72.3. The lowest BCUT2D eigenvalue weighted by Crippen LogP contribution is -2.30. The van der Waals surface area contributed by atoms with E-state index in [0.717, 1.165) is 141 Å². The fraction of sp³-hybridized carbons (Fsp3) is 0.753. The van der Waals surface area contributed by atoms with E-state index < -0.39 is 97.5 Å². The Kier molecular flexibility index (Phi) is 70.4. The summed E-state index contributed by atoms with van der Waals surface area (Å²) < 4.78 is 68.5. The number of carbonyl (C=O) groups excluding carboxylic acids is 4. The van der Waals surface area contributed by atoms with Crippen LogP contribution in [0.15, 0.2) is 97.2 Å². The number of unbranched alkanes of at least 4 members (excludes halogenated alkanes) is 32. The molecule has 5 unspecified atom stereocenters. The van der Waals surface area contributed by atoms with Gasteiger partial charge in [-0.25, -0.2) is 9.13 Å². The summed E-state index contributed by atoms with van der Waals surface area (Å²) in [6.45, 7) is 4.64. The maximum absolute atomic E-state index is 13.1. The molecule has 0 spiro atoms. The van der Waals surface area contributed by atoms with Gasteiger partial charge in [0.15, 0.2) is 12.2 Å². The molecule has 17 nitrogen and oxygen atoms in total. The predicted molar refractivity (Wildman–Crippen MR) is 409 cm³/mol. The van der Waals surface area contributed by atoms with E-state index >= 15 is 0 Å². The molecule has 0 amide bonds. The van der Waals surface area contributed by atoms with Crippen LogP contribution in [0.1, 0.15) is 336 Å². The van der Waals surface area contributed by atoms with Gasteiger partial charge < -0.3 is 33.8 Å². The molecule has 100 heavy (non-hydrogen) atoms. The van der Waals surface area contributed by atoms with Crippen molar-refractivity contribution in [3.8, 4) is 0 Å². The summed E-state index contributed by atoms with van der Waals surface area (Å²) >= 11 is 0. The number of phosphoric ester groups is 2. The fourth-order valence-electron chi connectivity index (χ4n) is 10.5. The van der Waals surface area contributed by atoms with E-state index in [1.165, 1.54) is 109 Å². The number of aliphatic hydroxyl groups excluding tert-OH is 1. The molecule has 0 heterocycles. The molecule has 5 atom stereocenters. The number of aliphatic hydroxyl groups is 1. The van der Waals surface area contributed by atoms with Crippen LogP contribution < -0.4 is 0 Å². The van der Waals surface area contributed by atoms with Crippen molar-refractivity contribution < 1.29 is 80.2 Å². The zero-order valence-corrected chi connectivity index (χ0v) is 64.9. The molecule has 0 rings (SSSR count). The largest absolute Gasteiger partial charge is 0.472 e. The Morgan fingerprint density at radius 3 is 0.890 bits per heavy atom. The Bertz CT molecular complexity index is 2270. The summed E-state index contributed by atoms with van der Waals surface area (Å²) in [7, 11) is -9.97. The quantitative estimate of drug-likeness (QED) is 0.0169. The number of ether oxygens (including phenoxy) is 4. The van der Waals surface area contributed by atoms with Gasteiger partial charge in [0.1, 0.15) is 19.3 Å². The van der Waals surface area contributed by atoms with E-state index in [0.29, 0.717) is 32.1 Å². The first kappa shape index (κ1) is 96.0. The molecular weight excluding hydrogens is 1310 g/mol. The predicted octanol–water partition coefficient (Wildman–Crippen LogP) is 22.8. The fourth-order valence-corrected chi connectivity index (χ4v) is 12.1. The van der Waals surface area contributed by atoms with Crippen LogP contribution in [0.25, 0.3) is 0 Å². The van der Waals surface area contributed by atoms with Gasteiger partial charge in [-0.1, -0.05) is 292 Å². The first-order valence-electron chi connectivity index (χ1n) is 39.5. The van der Waals surface area contributed by atoms with Crippen molar-refractivity contribution in [3.63, 3.8) is 0 Å². The summed E-state index contributed by atoms with van der Waals surface area (Å²) in [6, 6.07) is 0. The van der Waals surface area contributed by atoms with Crippen molar-refractivity contribution in [1.82, 2.24) is 0 Å². The van der Waals surface area contributed by atoms with Crippen LogP contribution in [-0.2, 0) is 65.4 Å². The Morgan fingerprint density at radius 1 is 0.290 bits per heavy atom. The minimum Gasteiger partial charge on any atom is -0.462 e. The van der Waals surface area contributed by atoms with Crippen molar-refractivity contribution in [2.75, 3.05) is 39.6 Å². The number of hydrogen-bond donors (Lipinski definition) is 3. The zero-order chi connectivity index (χ0) is 73.2. The van der Waals surface area contributed by atoms with Crippen molar-refractivity contribution in [2.45, 2.75) is 354 Å². The normalized spacial score (nSPS) is 14.4. The molecule has 0 aromatic carbocycles. The standard InChI is InChI=1S/C81H142O17P2/c1-5-9-13-17-21-25-29-33-36-37-40-43-46-50-54-58-62-66-79(84)92-72-77(98-81(86)68-64-60-56-52-48-44-39-35-31-27-23-19-15-11-7-3)74-96-100(89,90)94-70-75(82)69-93-99(87,88)95-73-76(97-80(85)67-63-59-55-51-47-41-32-28-24-20-16-12-8-4)71-91-78(83)65-61-57-53-49-45-42-38-34-30-26-22-18-14-10-6-2/h9,13,16,20-21,25,28,32-33,35-36,39-40,43,50,54,75-77,82H,5-8,10-12,14-15,17-19,22-24,26-27,29-31,34,37-38,41-42,44-49,51-53,55-74H2,1-4H3,(H,87,88)(H,89,90)/b13-9-,20-16-,25-21-,32-28-,36-33-,39-35-,43-40-,54-50-.